The summed E-state index contributed by atoms with van der Waals surface area (Å²) in [6.45, 7) is 2.07. The van der Waals surface area contributed by atoms with Crippen molar-refractivity contribution in [1.82, 2.24) is 4.90 Å². The van der Waals surface area contributed by atoms with Gasteiger partial charge in [0.15, 0.2) is 0 Å². The van der Waals surface area contributed by atoms with Crippen LogP contribution >= 0.6 is 11.3 Å². The fourth-order valence-electron chi connectivity index (χ4n) is 1.27. The van der Waals surface area contributed by atoms with Crippen molar-refractivity contribution in [3.8, 4) is 17.9 Å². The van der Waals surface area contributed by atoms with E-state index >= 15 is 0 Å². The second-order valence-electron chi connectivity index (χ2n) is 3.45. The van der Waals surface area contributed by atoms with E-state index in [2.05, 4.69) is 28.9 Å². The number of nitrogens with zero attached hydrogens (tertiary/aromatic N) is 2. The van der Waals surface area contributed by atoms with Gasteiger partial charge in [0.1, 0.15) is 0 Å². The van der Waals surface area contributed by atoms with E-state index in [1.165, 1.54) is 4.88 Å². The molecule has 0 spiro atoms. The van der Waals surface area contributed by atoms with Gasteiger partial charge in [-0.25, -0.2) is 0 Å². The van der Waals surface area contributed by atoms with Gasteiger partial charge in [0, 0.05) is 35.3 Å². The summed E-state index contributed by atoms with van der Waals surface area (Å²) in [5.74, 6) is 5.84. The minimum atomic E-state index is 0.396. The molecule has 1 aromatic heterocycles. The normalized spacial score (nSPS) is 9.62. The Kier molecular flexibility index (Phi) is 5.60. The Hall–Kier alpha value is -1.33. The molecule has 0 aromatic carbocycles. The third-order valence-electron chi connectivity index (χ3n) is 2.02. The van der Waals surface area contributed by atoms with E-state index < -0.39 is 0 Å². The molecule has 0 saturated carbocycles. The Balaban J connectivity index is 2.49. The van der Waals surface area contributed by atoms with E-state index in [0.717, 1.165) is 18.7 Å². The first-order valence-corrected chi connectivity index (χ1v) is 5.96. The smallest absolute Gasteiger partial charge is 0.0635 e. The molecule has 0 saturated heterocycles. The summed E-state index contributed by atoms with van der Waals surface area (Å²) >= 11 is 1.69. The van der Waals surface area contributed by atoms with E-state index in [-0.39, 0.29) is 0 Å². The molecule has 2 N–H and O–H groups in total. The van der Waals surface area contributed by atoms with Gasteiger partial charge in [-0.2, -0.15) is 5.26 Å². The minimum absolute atomic E-state index is 0.396. The van der Waals surface area contributed by atoms with Crippen molar-refractivity contribution >= 4 is 11.3 Å². The molecule has 1 aromatic rings. The third-order valence-corrected chi connectivity index (χ3v) is 2.94. The summed E-state index contributed by atoms with van der Waals surface area (Å²) in [6, 6.07) is 4.22. The molecule has 0 amide bonds. The topological polar surface area (TPSA) is 53.0 Å². The Labute approximate surface area is 100 Å². The molecular formula is C12H15N3S. The lowest BCUT2D eigenvalue weighted by molar-refractivity contribution is 0.338. The molecule has 84 valence electrons. The van der Waals surface area contributed by atoms with Gasteiger partial charge >= 0.3 is 0 Å². The summed E-state index contributed by atoms with van der Waals surface area (Å²) in [7, 11) is 2.02. The lowest BCUT2D eigenvalue weighted by Crippen LogP contribution is -2.17. The first-order chi connectivity index (χ1) is 7.76. The molecule has 0 atom stereocenters. The van der Waals surface area contributed by atoms with Crippen LogP contribution in [0.5, 0.6) is 0 Å². The number of thiophene rings is 1. The molecule has 4 heteroatoms. The van der Waals surface area contributed by atoms with Crippen LogP contribution in [0, 0.1) is 23.2 Å². The lowest BCUT2D eigenvalue weighted by Gasteiger charge is -2.12. The molecule has 0 radical (unpaired) electrons. The highest BCUT2D eigenvalue weighted by molar-refractivity contribution is 7.10. The second-order valence-corrected chi connectivity index (χ2v) is 4.45. The quantitative estimate of drug-likeness (QED) is 0.800. The summed E-state index contributed by atoms with van der Waals surface area (Å²) in [5.41, 5.74) is 6.34. The average Bonchev–Trinajstić information content (AvgIpc) is 2.71. The number of hydrogen-bond acceptors (Lipinski definition) is 4. The Bertz CT molecular complexity index is 419. The summed E-state index contributed by atoms with van der Waals surface area (Å²) in [4.78, 5) is 3.40. The lowest BCUT2D eigenvalue weighted by atomic mass is 10.3. The number of hydrogen-bond donors (Lipinski definition) is 1. The summed E-state index contributed by atoms with van der Waals surface area (Å²) in [6.07, 6.45) is 0.571. The molecule has 0 aliphatic heterocycles. The summed E-state index contributed by atoms with van der Waals surface area (Å²) in [5, 5.41) is 10.5. The monoisotopic (exact) mass is 233 g/mol. The second kappa shape index (κ2) is 7.03. The number of rotatable bonds is 4. The van der Waals surface area contributed by atoms with Gasteiger partial charge in [-0.15, -0.1) is 11.3 Å². The van der Waals surface area contributed by atoms with Crippen molar-refractivity contribution in [3.63, 3.8) is 0 Å². The van der Waals surface area contributed by atoms with Gasteiger partial charge in [-0.1, -0.05) is 11.8 Å². The SMILES string of the molecule is CN(CCC#N)Cc1cc(C#CCN)cs1. The maximum absolute atomic E-state index is 8.48. The highest BCUT2D eigenvalue weighted by atomic mass is 32.1. The predicted octanol–water partition coefficient (Wildman–Crippen LogP) is 1.40. The highest BCUT2D eigenvalue weighted by Gasteiger charge is 2.02. The standard InChI is InChI=1S/C12H15N3S/c1-15(7-3-6-14)9-12-8-11(10-16-12)4-2-5-13/h8,10H,3,5,7,9,13H2,1H3. The molecular weight excluding hydrogens is 218 g/mol. The van der Waals surface area contributed by atoms with Crippen LogP contribution < -0.4 is 5.73 Å². The zero-order valence-corrected chi connectivity index (χ0v) is 10.2. The van der Waals surface area contributed by atoms with Gasteiger partial charge in [0.25, 0.3) is 0 Å². The van der Waals surface area contributed by atoms with Crippen molar-refractivity contribution in [2.75, 3.05) is 20.1 Å². The van der Waals surface area contributed by atoms with Gasteiger partial charge in [-0.3, -0.25) is 0 Å². The average molecular weight is 233 g/mol. The molecule has 0 fully saturated rings. The minimum Gasteiger partial charge on any atom is -0.320 e. The molecule has 0 aliphatic rings. The fourth-order valence-corrected chi connectivity index (χ4v) is 2.16. The maximum atomic E-state index is 8.48. The van der Waals surface area contributed by atoms with Crippen LogP contribution in [0.2, 0.25) is 0 Å². The van der Waals surface area contributed by atoms with E-state index in [1.807, 2.05) is 12.4 Å². The van der Waals surface area contributed by atoms with Crippen LogP contribution in [0.4, 0.5) is 0 Å². The molecule has 0 aliphatic carbocycles. The van der Waals surface area contributed by atoms with E-state index in [9.17, 15) is 0 Å². The molecule has 0 unspecified atom stereocenters. The number of nitriles is 1. The Morgan fingerprint density at radius 1 is 1.56 bits per heavy atom. The van der Waals surface area contributed by atoms with Crippen LogP contribution in [-0.2, 0) is 6.54 Å². The van der Waals surface area contributed by atoms with Crippen molar-refractivity contribution in [2.45, 2.75) is 13.0 Å². The zero-order valence-electron chi connectivity index (χ0n) is 9.36. The summed E-state index contributed by atoms with van der Waals surface area (Å²) < 4.78 is 0. The largest absolute Gasteiger partial charge is 0.320 e. The maximum Gasteiger partial charge on any atom is 0.0635 e. The molecule has 1 heterocycles. The van der Waals surface area contributed by atoms with Crippen LogP contribution in [0.1, 0.15) is 16.9 Å². The van der Waals surface area contributed by atoms with Crippen molar-refractivity contribution in [2.24, 2.45) is 5.73 Å². The van der Waals surface area contributed by atoms with Crippen LogP contribution in [0.15, 0.2) is 11.4 Å². The van der Waals surface area contributed by atoms with Gasteiger partial charge < -0.3 is 10.6 Å². The third kappa shape index (κ3) is 4.46. The fraction of sp³-hybridized carbons (Fsp3) is 0.417. The molecule has 16 heavy (non-hydrogen) atoms. The first-order valence-electron chi connectivity index (χ1n) is 5.08. The molecule has 3 nitrogen and oxygen atoms in total. The van der Waals surface area contributed by atoms with E-state index in [1.54, 1.807) is 11.3 Å². The zero-order chi connectivity index (χ0) is 11.8. The van der Waals surface area contributed by atoms with Gasteiger partial charge in [-0.05, 0) is 13.1 Å². The van der Waals surface area contributed by atoms with Crippen molar-refractivity contribution in [3.05, 3.63) is 21.9 Å². The van der Waals surface area contributed by atoms with Crippen LogP contribution in [-0.4, -0.2) is 25.0 Å². The number of nitrogens with two attached hydrogens (primary N) is 1. The highest BCUT2D eigenvalue weighted by Crippen LogP contribution is 2.15. The van der Waals surface area contributed by atoms with E-state index in [4.69, 9.17) is 11.0 Å². The van der Waals surface area contributed by atoms with Crippen molar-refractivity contribution in [1.29, 1.82) is 5.26 Å². The first kappa shape index (κ1) is 12.7. The van der Waals surface area contributed by atoms with Gasteiger partial charge in [0.2, 0.25) is 0 Å². The Morgan fingerprint density at radius 3 is 3.06 bits per heavy atom. The molecule has 1 rings (SSSR count). The van der Waals surface area contributed by atoms with Crippen molar-refractivity contribution < 1.29 is 0 Å². The van der Waals surface area contributed by atoms with E-state index in [0.29, 0.717) is 13.0 Å². The Morgan fingerprint density at radius 2 is 2.38 bits per heavy atom. The van der Waals surface area contributed by atoms with Crippen LogP contribution in [0.3, 0.4) is 0 Å². The predicted molar refractivity (Wildman–Crippen MR) is 66.8 cm³/mol. The van der Waals surface area contributed by atoms with Crippen LogP contribution in [0.25, 0.3) is 0 Å². The molecule has 0 bridgehead atoms. The van der Waals surface area contributed by atoms with Gasteiger partial charge in [0.05, 0.1) is 12.6 Å².